The van der Waals surface area contributed by atoms with Gasteiger partial charge >= 0.3 is 6.18 Å². The molecule has 1 aromatic rings. The molecule has 0 bridgehead atoms. The van der Waals surface area contributed by atoms with E-state index in [2.05, 4.69) is 22.4 Å². The lowest BCUT2D eigenvalue weighted by Crippen LogP contribution is -2.34. The molecule has 22 heavy (non-hydrogen) atoms. The van der Waals surface area contributed by atoms with E-state index in [4.69, 9.17) is 0 Å². The first-order valence-corrected chi connectivity index (χ1v) is 8.18. The normalized spacial score (nSPS) is 28.8. The van der Waals surface area contributed by atoms with E-state index in [9.17, 15) is 13.2 Å². The first-order valence-electron chi connectivity index (χ1n) is 8.18. The van der Waals surface area contributed by atoms with Gasteiger partial charge in [-0.25, -0.2) is 0 Å². The topological polar surface area (TPSA) is 42.7 Å². The van der Waals surface area contributed by atoms with Crippen molar-refractivity contribution in [3.8, 4) is 0 Å². The van der Waals surface area contributed by atoms with Crippen molar-refractivity contribution in [1.82, 2.24) is 20.1 Å². The van der Waals surface area contributed by atoms with Gasteiger partial charge in [0.05, 0.1) is 12.5 Å². The van der Waals surface area contributed by atoms with Crippen molar-refractivity contribution in [2.75, 3.05) is 0 Å². The second kappa shape index (κ2) is 6.18. The Hall–Kier alpha value is -1.11. The van der Waals surface area contributed by atoms with Gasteiger partial charge in [0.2, 0.25) is 0 Å². The quantitative estimate of drug-likeness (QED) is 0.928. The molecular formula is C15H23F3N4. The molecule has 4 nitrogen and oxygen atoms in total. The molecule has 0 radical (unpaired) electrons. The third-order valence-electron chi connectivity index (χ3n) is 5.15. The minimum atomic E-state index is -4.13. The summed E-state index contributed by atoms with van der Waals surface area (Å²) in [5.74, 6) is 0.837. The minimum Gasteiger partial charge on any atom is -0.313 e. The predicted octanol–water partition coefficient (Wildman–Crippen LogP) is 3.07. The molecule has 1 aromatic heterocycles. The summed E-state index contributed by atoms with van der Waals surface area (Å²) in [7, 11) is 0. The Morgan fingerprint density at radius 2 is 2.05 bits per heavy atom. The lowest BCUT2D eigenvalue weighted by atomic mass is 9.99. The number of hydrogen-bond acceptors (Lipinski definition) is 3. The average Bonchev–Trinajstić information content (AvgIpc) is 3.10. The molecule has 0 saturated heterocycles. The third-order valence-corrected chi connectivity index (χ3v) is 5.15. The van der Waals surface area contributed by atoms with E-state index in [1.165, 1.54) is 12.8 Å². The van der Waals surface area contributed by atoms with Crippen LogP contribution in [0.15, 0.2) is 0 Å². The first-order chi connectivity index (χ1) is 10.5. The summed E-state index contributed by atoms with van der Waals surface area (Å²) >= 11 is 0. The van der Waals surface area contributed by atoms with Crippen LogP contribution in [0.1, 0.15) is 50.7 Å². The molecule has 0 aromatic carbocycles. The molecule has 1 N–H and O–H groups in total. The summed E-state index contributed by atoms with van der Waals surface area (Å²) in [6, 6.07) is 0.458. The molecule has 3 unspecified atom stereocenters. The largest absolute Gasteiger partial charge is 0.393 e. The van der Waals surface area contributed by atoms with Crippen molar-refractivity contribution in [2.45, 2.75) is 70.8 Å². The fraction of sp³-hybridized carbons (Fsp3) is 0.867. The summed E-state index contributed by atoms with van der Waals surface area (Å²) in [5, 5.41) is 11.6. The van der Waals surface area contributed by atoms with Crippen LogP contribution in [0.2, 0.25) is 0 Å². The number of aryl methyl sites for hydroxylation is 1. The van der Waals surface area contributed by atoms with Gasteiger partial charge in [0.1, 0.15) is 11.6 Å². The zero-order chi connectivity index (χ0) is 15.7. The highest BCUT2D eigenvalue weighted by atomic mass is 19.4. The van der Waals surface area contributed by atoms with Crippen LogP contribution in [0.5, 0.6) is 0 Å². The summed E-state index contributed by atoms with van der Waals surface area (Å²) in [6.45, 7) is 2.68. The van der Waals surface area contributed by atoms with Gasteiger partial charge < -0.3 is 9.88 Å². The maximum atomic E-state index is 12.9. The summed E-state index contributed by atoms with van der Waals surface area (Å²) < 4.78 is 40.4. The second-order valence-electron chi connectivity index (χ2n) is 6.59. The van der Waals surface area contributed by atoms with Crippen molar-refractivity contribution in [2.24, 2.45) is 11.8 Å². The van der Waals surface area contributed by atoms with Crippen molar-refractivity contribution in [1.29, 1.82) is 0 Å². The van der Waals surface area contributed by atoms with Crippen LogP contribution in [-0.2, 0) is 19.5 Å². The molecular weight excluding hydrogens is 293 g/mol. The molecule has 1 saturated carbocycles. The Morgan fingerprint density at radius 1 is 1.23 bits per heavy atom. The van der Waals surface area contributed by atoms with E-state index in [0.717, 1.165) is 18.8 Å². The smallest absolute Gasteiger partial charge is 0.313 e. The van der Waals surface area contributed by atoms with E-state index in [1.54, 1.807) is 4.57 Å². The van der Waals surface area contributed by atoms with Crippen LogP contribution in [0.4, 0.5) is 13.2 Å². The standard InChI is InChI=1S/C15H23F3N4/c1-2-10-3-5-12(7-10)19-8-14-21-20-13-6-4-11(9-22(13)14)15(16,17)18/h10-12,19H,2-9H2,1H3. The fourth-order valence-corrected chi connectivity index (χ4v) is 3.65. The average molecular weight is 316 g/mol. The predicted molar refractivity (Wildman–Crippen MR) is 76.1 cm³/mol. The molecule has 3 atom stereocenters. The van der Waals surface area contributed by atoms with Crippen molar-refractivity contribution in [3.05, 3.63) is 11.6 Å². The van der Waals surface area contributed by atoms with Crippen LogP contribution >= 0.6 is 0 Å². The number of rotatable bonds is 4. The summed E-state index contributed by atoms with van der Waals surface area (Å²) in [4.78, 5) is 0. The van der Waals surface area contributed by atoms with Gasteiger partial charge in [-0.3, -0.25) is 0 Å². The first kappa shape index (κ1) is 15.8. The molecule has 7 heteroatoms. The number of hydrogen-bond donors (Lipinski definition) is 1. The molecule has 1 aliphatic carbocycles. The van der Waals surface area contributed by atoms with E-state index >= 15 is 0 Å². The van der Waals surface area contributed by atoms with Gasteiger partial charge in [0.15, 0.2) is 0 Å². The van der Waals surface area contributed by atoms with Crippen LogP contribution in [0.3, 0.4) is 0 Å². The molecule has 0 spiro atoms. The Bertz CT molecular complexity index is 511. The highest BCUT2D eigenvalue weighted by Gasteiger charge is 2.42. The summed E-state index contributed by atoms with van der Waals surface area (Å²) in [5.41, 5.74) is 0. The van der Waals surface area contributed by atoms with Crippen molar-refractivity contribution >= 4 is 0 Å². The number of nitrogens with one attached hydrogen (secondary N) is 1. The molecule has 1 fully saturated rings. The van der Waals surface area contributed by atoms with Crippen LogP contribution in [0.25, 0.3) is 0 Å². The van der Waals surface area contributed by atoms with E-state index in [1.807, 2.05) is 0 Å². The molecule has 124 valence electrons. The van der Waals surface area contributed by atoms with Gasteiger partial charge in [-0.05, 0) is 31.6 Å². The molecule has 1 aliphatic heterocycles. The fourth-order valence-electron chi connectivity index (χ4n) is 3.65. The Morgan fingerprint density at radius 3 is 2.73 bits per heavy atom. The third kappa shape index (κ3) is 3.29. The minimum absolute atomic E-state index is 0.0366. The van der Waals surface area contributed by atoms with E-state index in [0.29, 0.717) is 30.7 Å². The van der Waals surface area contributed by atoms with Gasteiger partial charge in [-0.15, -0.1) is 10.2 Å². The maximum Gasteiger partial charge on any atom is 0.393 e. The number of nitrogens with zero attached hydrogens (tertiary/aromatic N) is 3. The van der Waals surface area contributed by atoms with Gasteiger partial charge in [-0.1, -0.05) is 13.3 Å². The molecule has 2 aliphatic rings. The molecule has 3 rings (SSSR count). The zero-order valence-corrected chi connectivity index (χ0v) is 12.9. The Labute approximate surface area is 128 Å². The molecule has 2 heterocycles. The van der Waals surface area contributed by atoms with Gasteiger partial charge in [0.25, 0.3) is 0 Å². The highest BCUT2D eigenvalue weighted by molar-refractivity contribution is 5.01. The lowest BCUT2D eigenvalue weighted by molar-refractivity contribution is -0.182. The highest BCUT2D eigenvalue weighted by Crippen LogP contribution is 2.34. The maximum absolute atomic E-state index is 12.9. The zero-order valence-electron chi connectivity index (χ0n) is 12.9. The Balaban J connectivity index is 1.61. The number of alkyl halides is 3. The SMILES string of the molecule is CCC1CCC(NCc2nnc3n2CC(C(F)(F)F)CC3)C1. The number of aromatic nitrogens is 3. The van der Waals surface area contributed by atoms with Crippen LogP contribution in [-0.4, -0.2) is 27.0 Å². The van der Waals surface area contributed by atoms with Crippen LogP contribution < -0.4 is 5.32 Å². The lowest BCUT2D eigenvalue weighted by Gasteiger charge is -2.26. The number of fused-ring (bicyclic) bond motifs is 1. The summed E-state index contributed by atoms with van der Waals surface area (Å²) in [6.07, 6.45) is 1.09. The van der Waals surface area contributed by atoms with Crippen LogP contribution in [0, 0.1) is 11.8 Å². The van der Waals surface area contributed by atoms with Gasteiger partial charge in [0, 0.05) is 19.0 Å². The van der Waals surface area contributed by atoms with E-state index < -0.39 is 12.1 Å². The van der Waals surface area contributed by atoms with E-state index in [-0.39, 0.29) is 13.0 Å². The Kier molecular flexibility index (Phi) is 4.43. The monoisotopic (exact) mass is 316 g/mol. The molecule has 0 amide bonds. The number of halogens is 3. The van der Waals surface area contributed by atoms with Crippen molar-refractivity contribution < 1.29 is 13.2 Å². The van der Waals surface area contributed by atoms with Crippen molar-refractivity contribution in [3.63, 3.8) is 0 Å². The van der Waals surface area contributed by atoms with Gasteiger partial charge in [-0.2, -0.15) is 13.2 Å². The second-order valence-corrected chi connectivity index (χ2v) is 6.59.